The number of rotatable bonds is 4. The molecule has 0 atom stereocenters. The molecule has 0 N–H and O–H groups in total. The van der Waals surface area contributed by atoms with Crippen molar-refractivity contribution >= 4 is 22.3 Å². The van der Waals surface area contributed by atoms with Crippen LogP contribution in [0.4, 0.5) is 0 Å². The third-order valence-electron chi connectivity index (χ3n) is 3.27. The van der Waals surface area contributed by atoms with E-state index >= 15 is 0 Å². The Morgan fingerprint density at radius 3 is 2.91 bits per heavy atom. The van der Waals surface area contributed by atoms with Crippen LogP contribution in [0.3, 0.4) is 0 Å². The molecule has 0 saturated heterocycles. The fourth-order valence-corrected chi connectivity index (χ4v) is 3.08. The van der Waals surface area contributed by atoms with Crippen LogP contribution in [-0.2, 0) is 0 Å². The van der Waals surface area contributed by atoms with Gasteiger partial charge in [-0.3, -0.25) is 4.79 Å². The van der Waals surface area contributed by atoms with Gasteiger partial charge in [0.25, 0.3) is 0 Å². The number of aromatic nitrogens is 1. The molecule has 0 fully saturated rings. The first-order valence-corrected chi connectivity index (χ1v) is 7.70. The highest BCUT2D eigenvalue weighted by Crippen LogP contribution is 2.27. The molecule has 2 heterocycles. The van der Waals surface area contributed by atoms with Gasteiger partial charge < -0.3 is 9.15 Å². The molecule has 1 aromatic carbocycles. The number of ether oxygens (including phenoxy) is 1. The average Bonchev–Trinajstić information content (AvgIpc) is 2.91. The first-order chi connectivity index (χ1) is 10.6. The predicted molar refractivity (Wildman–Crippen MR) is 88.8 cm³/mol. The summed E-state index contributed by atoms with van der Waals surface area (Å²) < 4.78 is 11.2. The molecular formula is C17H15NO3S. The van der Waals surface area contributed by atoms with Crippen molar-refractivity contribution in [3.05, 3.63) is 57.9 Å². The number of aryl methyl sites for hydroxylation is 2. The van der Waals surface area contributed by atoms with Gasteiger partial charge in [-0.2, -0.15) is 0 Å². The van der Waals surface area contributed by atoms with Crippen molar-refractivity contribution in [1.82, 2.24) is 4.98 Å². The van der Waals surface area contributed by atoms with Crippen LogP contribution in [0, 0.1) is 13.8 Å². The summed E-state index contributed by atoms with van der Waals surface area (Å²) in [6, 6.07) is 3.56. The number of thiazole rings is 1. The van der Waals surface area contributed by atoms with Crippen LogP contribution in [0.25, 0.3) is 21.5 Å². The van der Waals surface area contributed by atoms with E-state index in [1.54, 1.807) is 12.1 Å². The van der Waals surface area contributed by atoms with Crippen LogP contribution in [0.5, 0.6) is 5.75 Å². The van der Waals surface area contributed by atoms with Gasteiger partial charge in [0.1, 0.15) is 29.2 Å². The molecule has 0 aliphatic carbocycles. The zero-order valence-electron chi connectivity index (χ0n) is 12.4. The molecular weight excluding hydrogens is 298 g/mol. The smallest absolute Gasteiger partial charge is 0.203 e. The van der Waals surface area contributed by atoms with Crippen LogP contribution in [0.1, 0.15) is 11.3 Å². The van der Waals surface area contributed by atoms with Gasteiger partial charge >= 0.3 is 0 Å². The molecule has 3 rings (SSSR count). The second-order valence-corrected chi connectivity index (χ2v) is 5.84. The second-order valence-electron chi connectivity index (χ2n) is 4.99. The van der Waals surface area contributed by atoms with Crippen LogP contribution in [0.15, 0.2) is 45.6 Å². The van der Waals surface area contributed by atoms with Crippen LogP contribution in [0.2, 0.25) is 0 Å². The lowest BCUT2D eigenvalue weighted by Crippen LogP contribution is -2.06. The maximum atomic E-state index is 12.7. The molecule has 0 aliphatic heterocycles. The summed E-state index contributed by atoms with van der Waals surface area (Å²) in [6.45, 7) is 7.80. The maximum Gasteiger partial charge on any atom is 0.203 e. The van der Waals surface area contributed by atoms with Crippen molar-refractivity contribution in [1.29, 1.82) is 0 Å². The number of fused-ring (bicyclic) bond motifs is 1. The van der Waals surface area contributed by atoms with Crippen LogP contribution >= 0.6 is 11.3 Å². The lowest BCUT2D eigenvalue weighted by atomic mass is 10.1. The standard InChI is InChI=1S/C17H15NO3S/c1-4-5-20-12-6-10(2)15-14(7-12)21-8-13(16(15)19)17-18-11(3)9-22-17/h4,6-9H,1,5H2,2-3H3. The molecule has 5 heteroatoms. The summed E-state index contributed by atoms with van der Waals surface area (Å²) in [6.07, 6.45) is 3.14. The Morgan fingerprint density at radius 2 is 2.23 bits per heavy atom. The Balaban J connectivity index is 2.17. The SMILES string of the molecule is C=CCOc1cc(C)c2c(=O)c(-c3nc(C)cs3)coc2c1. The number of hydrogen-bond donors (Lipinski definition) is 0. The molecule has 0 aliphatic rings. The van der Waals surface area contributed by atoms with E-state index < -0.39 is 0 Å². The first-order valence-electron chi connectivity index (χ1n) is 6.82. The quantitative estimate of drug-likeness (QED) is 0.681. The van der Waals surface area contributed by atoms with Crippen LogP contribution < -0.4 is 10.2 Å². The van der Waals surface area contributed by atoms with E-state index in [1.807, 2.05) is 25.3 Å². The minimum absolute atomic E-state index is 0.0663. The van der Waals surface area contributed by atoms with Gasteiger partial charge in [0.15, 0.2) is 0 Å². The molecule has 0 saturated carbocycles. The normalized spacial score (nSPS) is 10.8. The monoisotopic (exact) mass is 313 g/mol. The highest BCUT2D eigenvalue weighted by atomic mass is 32.1. The zero-order valence-corrected chi connectivity index (χ0v) is 13.2. The number of hydrogen-bond acceptors (Lipinski definition) is 5. The van der Waals surface area contributed by atoms with Crippen molar-refractivity contribution in [3.8, 4) is 16.3 Å². The fraction of sp³-hybridized carbons (Fsp3) is 0.176. The fourth-order valence-electron chi connectivity index (χ4n) is 2.28. The molecule has 22 heavy (non-hydrogen) atoms. The van der Waals surface area contributed by atoms with Gasteiger partial charge in [0, 0.05) is 17.1 Å². The lowest BCUT2D eigenvalue weighted by molar-refractivity contribution is 0.363. The van der Waals surface area contributed by atoms with E-state index in [-0.39, 0.29) is 5.43 Å². The van der Waals surface area contributed by atoms with E-state index in [9.17, 15) is 4.79 Å². The van der Waals surface area contributed by atoms with Crippen molar-refractivity contribution in [3.63, 3.8) is 0 Å². The Labute approximate surface area is 131 Å². The van der Waals surface area contributed by atoms with E-state index in [4.69, 9.17) is 9.15 Å². The third kappa shape index (κ3) is 2.55. The number of benzene rings is 1. The van der Waals surface area contributed by atoms with Gasteiger partial charge in [-0.15, -0.1) is 11.3 Å². The average molecular weight is 313 g/mol. The Morgan fingerprint density at radius 1 is 1.41 bits per heavy atom. The van der Waals surface area contributed by atoms with Gasteiger partial charge in [-0.05, 0) is 25.5 Å². The third-order valence-corrected chi connectivity index (χ3v) is 4.26. The topological polar surface area (TPSA) is 52.3 Å². The molecule has 0 bridgehead atoms. The minimum Gasteiger partial charge on any atom is -0.489 e. The second kappa shape index (κ2) is 5.77. The molecule has 0 spiro atoms. The summed E-state index contributed by atoms with van der Waals surface area (Å²) in [5.41, 5.74) is 2.66. The van der Waals surface area contributed by atoms with Crippen molar-refractivity contribution < 1.29 is 9.15 Å². The highest BCUT2D eigenvalue weighted by Gasteiger charge is 2.14. The number of nitrogens with zero attached hydrogens (tertiary/aromatic N) is 1. The van der Waals surface area contributed by atoms with Gasteiger partial charge in [-0.25, -0.2) is 4.98 Å². The molecule has 0 amide bonds. The Bertz CT molecular complexity index is 908. The van der Waals surface area contributed by atoms with E-state index in [2.05, 4.69) is 11.6 Å². The molecule has 2 aromatic heterocycles. The maximum absolute atomic E-state index is 12.7. The zero-order chi connectivity index (χ0) is 15.7. The van der Waals surface area contributed by atoms with Crippen molar-refractivity contribution in [2.24, 2.45) is 0 Å². The van der Waals surface area contributed by atoms with E-state index in [0.29, 0.717) is 33.9 Å². The summed E-state index contributed by atoms with van der Waals surface area (Å²) >= 11 is 1.44. The highest BCUT2D eigenvalue weighted by molar-refractivity contribution is 7.13. The van der Waals surface area contributed by atoms with Gasteiger partial charge in [-0.1, -0.05) is 12.7 Å². The molecule has 0 unspecified atom stereocenters. The van der Waals surface area contributed by atoms with Gasteiger partial charge in [0.2, 0.25) is 5.43 Å². The largest absolute Gasteiger partial charge is 0.489 e. The minimum atomic E-state index is -0.0663. The summed E-state index contributed by atoms with van der Waals surface area (Å²) in [7, 11) is 0. The molecule has 3 aromatic rings. The van der Waals surface area contributed by atoms with Crippen molar-refractivity contribution in [2.45, 2.75) is 13.8 Å². The van der Waals surface area contributed by atoms with E-state index in [1.165, 1.54) is 17.6 Å². The lowest BCUT2D eigenvalue weighted by Gasteiger charge is -2.07. The van der Waals surface area contributed by atoms with Crippen molar-refractivity contribution in [2.75, 3.05) is 6.61 Å². The Hall–Kier alpha value is -2.40. The predicted octanol–water partition coefficient (Wildman–Crippen LogP) is 4.10. The van der Waals surface area contributed by atoms with Gasteiger partial charge in [0.05, 0.1) is 10.9 Å². The summed E-state index contributed by atoms with van der Waals surface area (Å²) in [4.78, 5) is 17.1. The summed E-state index contributed by atoms with van der Waals surface area (Å²) in [5.74, 6) is 0.658. The first kappa shape index (κ1) is 14.5. The Kier molecular flexibility index (Phi) is 3.81. The van der Waals surface area contributed by atoms with Crippen LogP contribution in [-0.4, -0.2) is 11.6 Å². The summed E-state index contributed by atoms with van der Waals surface area (Å²) in [5, 5.41) is 3.16. The molecule has 0 radical (unpaired) electrons. The van der Waals surface area contributed by atoms with E-state index in [0.717, 1.165) is 11.3 Å². The molecule has 112 valence electrons. The molecule has 4 nitrogen and oxygen atoms in total.